The van der Waals surface area contributed by atoms with Gasteiger partial charge in [0.25, 0.3) is 0 Å². The quantitative estimate of drug-likeness (QED) is 0.325. The summed E-state index contributed by atoms with van der Waals surface area (Å²) in [6.07, 6.45) is 6.06. The van der Waals surface area contributed by atoms with E-state index in [0.717, 1.165) is 24.0 Å². The van der Waals surface area contributed by atoms with Crippen molar-refractivity contribution in [3.63, 3.8) is 0 Å². The summed E-state index contributed by atoms with van der Waals surface area (Å²) in [6.45, 7) is 8.28. The van der Waals surface area contributed by atoms with Gasteiger partial charge in [0.05, 0.1) is 18.1 Å². The summed E-state index contributed by atoms with van der Waals surface area (Å²) in [5.41, 5.74) is 2.39. The Morgan fingerprint density at radius 1 is 1.34 bits per heavy atom. The highest BCUT2D eigenvalue weighted by atomic mass is 16.6. The van der Waals surface area contributed by atoms with Gasteiger partial charge in [0.15, 0.2) is 0 Å². The van der Waals surface area contributed by atoms with Gasteiger partial charge in [-0.05, 0) is 38.8 Å². The molecule has 2 rings (SSSR count). The van der Waals surface area contributed by atoms with Gasteiger partial charge >= 0.3 is 17.9 Å². The van der Waals surface area contributed by atoms with Gasteiger partial charge in [0.2, 0.25) is 0 Å². The maximum absolute atomic E-state index is 12.7. The van der Waals surface area contributed by atoms with Crippen LogP contribution in [0.5, 0.6) is 0 Å². The first-order valence-electron chi connectivity index (χ1n) is 9.59. The first kappa shape index (κ1) is 22.6. The molecule has 158 valence electrons. The van der Waals surface area contributed by atoms with Crippen molar-refractivity contribution in [1.29, 1.82) is 0 Å². The lowest BCUT2D eigenvalue weighted by molar-refractivity contribution is -0.148. The minimum absolute atomic E-state index is 0.0283. The van der Waals surface area contributed by atoms with Crippen molar-refractivity contribution in [3.05, 3.63) is 47.1 Å². The maximum atomic E-state index is 12.7. The Labute approximate surface area is 170 Å². The summed E-state index contributed by atoms with van der Waals surface area (Å²) in [4.78, 5) is 36.0. The third kappa shape index (κ3) is 6.15. The molecule has 0 amide bonds. The van der Waals surface area contributed by atoms with Crippen LogP contribution in [0.15, 0.2) is 47.1 Å². The van der Waals surface area contributed by atoms with Gasteiger partial charge in [-0.15, -0.1) is 0 Å². The Bertz CT molecular complexity index is 772. The van der Waals surface area contributed by atoms with Crippen LogP contribution in [0.1, 0.15) is 40.0 Å². The number of allylic oxidation sites excluding steroid dienone is 2. The first-order valence-corrected chi connectivity index (χ1v) is 9.59. The Balaban J connectivity index is 2.32. The molecule has 0 spiro atoms. The number of aliphatic hydroxyl groups is 1. The fourth-order valence-electron chi connectivity index (χ4n) is 3.44. The van der Waals surface area contributed by atoms with Crippen molar-refractivity contribution < 1.29 is 33.7 Å². The predicted molar refractivity (Wildman–Crippen MR) is 106 cm³/mol. The van der Waals surface area contributed by atoms with E-state index in [2.05, 4.69) is 12.7 Å². The molecule has 0 aromatic rings. The molecule has 1 saturated heterocycles. The molecule has 0 bridgehead atoms. The molecule has 1 heterocycles. The van der Waals surface area contributed by atoms with E-state index in [4.69, 9.17) is 14.2 Å². The molecule has 29 heavy (non-hydrogen) atoms. The molecule has 0 radical (unpaired) electrons. The van der Waals surface area contributed by atoms with Crippen molar-refractivity contribution in [2.75, 3.05) is 13.2 Å². The number of carbonyl (C=O) groups excluding carboxylic acids is 3. The molecule has 1 fully saturated rings. The minimum atomic E-state index is -0.721. The van der Waals surface area contributed by atoms with Crippen LogP contribution in [-0.2, 0) is 28.6 Å². The van der Waals surface area contributed by atoms with Crippen molar-refractivity contribution in [2.45, 2.75) is 52.2 Å². The molecule has 0 aromatic heterocycles. The van der Waals surface area contributed by atoms with Crippen LogP contribution >= 0.6 is 0 Å². The fourth-order valence-corrected chi connectivity index (χ4v) is 3.44. The summed E-state index contributed by atoms with van der Waals surface area (Å²) in [7, 11) is 0. The van der Waals surface area contributed by atoms with E-state index in [1.165, 1.54) is 13.0 Å². The molecule has 0 saturated carbocycles. The molecule has 3 atom stereocenters. The molecule has 1 aliphatic heterocycles. The van der Waals surface area contributed by atoms with Crippen molar-refractivity contribution >= 4 is 17.9 Å². The lowest BCUT2D eigenvalue weighted by Gasteiger charge is -2.27. The zero-order valence-electron chi connectivity index (χ0n) is 17.1. The molecular weight excluding hydrogens is 376 g/mol. The van der Waals surface area contributed by atoms with Crippen molar-refractivity contribution in [2.24, 2.45) is 5.92 Å². The molecule has 1 aliphatic carbocycles. The van der Waals surface area contributed by atoms with Crippen LogP contribution in [0.4, 0.5) is 0 Å². The normalized spacial score (nSPS) is 29.0. The van der Waals surface area contributed by atoms with Gasteiger partial charge in [0.1, 0.15) is 18.8 Å². The minimum Gasteiger partial charge on any atom is -0.461 e. The average molecular weight is 404 g/mol. The predicted octanol–water partition coefficient (Wildman–Crippen LogP) is 2.55. The lowest BCUT2D eigenvalue weighted by Crippen LogP contribution is -2.34. The number of hydrogen-bond donors (Lipinski definition) is 1. The van der Waals surface area contributed by atoms with Gasteiger partial charge in [-0.3, -0.25) is 4.79 Å². The second kappa shape index (κ2) is 10.2. The Morgan fingerprint density at radius 3 is 2.72 bits per heavy atom. The molecule has 2 aliphatic rings. The average Bonchev–Trinajstić information content (AvgIpc) is 2.91. The van der Waals surface area contributed by atoms with Gasteiger partial charge in [-0.2, -0.15) is 0 Å². The first-order chi connectivity index (χ1) is 13.7. The Morgan fingerprint density at radius 2 is 2.07 bits per heavy atom. The van der Waals surface area contributed by atoms with Gasteiger partial charge in [0, 0.05) is 18.9 Å². The third-order valence-electron chi connectivity index (χ3n) is 4.95. The zero-order valence-corrected chi connectivity index (χ0v) is 17.1. The highest BCUT2D eigenvalue weighted by Gasteiger charge is 2.44. The second-order valence-electron chi connectivity index (χ2n) is 7.36. The molecule has 7 nitrogen and oxygen atoms in total. The molecule has 0 aromatic carbocycles. The summed E-state index contributed by atoms with van der Waals surface area (Å²) < 4.78 is 16.1. The van der Waals surface area contributed by atoms with Gasteiger partial charge in [-0.25, -0.2) is 9.59 Å². The van der Waals surface area contributed by atoms with E-state index in [1.807, 2.05) is 19.9 Å². The van der Waals surface area contributed by atoms with Crippen LogP contribution in [0.2, 0.25) is 0 Å². The molecule has 1 N–H and O–H groups in total. The topological polar surface area (TPSA) is 99.1 Å². The Hall–Kier alpha value is -2.67. The maximum Gasteiger partial charge on any atom is 0.337 e. The van der Waals surface area contributed by atoms with E-state index in [1.54, 1.807) is 0 Å². The zero-order chi connectivity index (χ0) is 21.6. The number of hydrogen-bond acceptors (Lipinski definition) is 7. The summed E-state index contributed by atoms with van der Waals surface area (Å²) in [5.74, 6) is -2.30. The number of carbonyl (C=O) groups is 3. The Kier molecular flexibility index (Phi) is 7.96. The molecular formula is C22H28O7. The highest BCUT2D eigenvalue weighted by molar-refractivity contribution is 5.92. The summed E-state index contributed by atoms with van der Waals surface area (Å²) in [5, 5.41) is 9.19. The van der Waals surface area contributed by atoms with Crippen LogP contribution in [0, 0.1) is 5.92 Å². The van der Waals surface area contributed by atoms with Crippen molar-refractivity contribution in [3.8, 4) is 0 Å². The summed E-state index contributed by atoms with van der Waals surface area (Å²) in [6, 6.07) is 0. The van der Waals surface area contributed by atoms with Gasteiger partial charge in [-0.1, -0.05) is 23.8 Å². The van der Waals surface area contributed by atoms with E-state index in [0.29, 0.717) is 6.42 Å². The third-order valence-corrected chi connectivity index (χ3v) is 4.95. The number of aliphatic hydroxyl groups excluding tert-OH is 1. The van der Waals surface area contributed by atoms with Gasteiger partial charge < -0.3 is 19.3 Å². The highest BCUT2D eigenvalue weighted by Crippen LogP contribution is 2.36. The van der Waals surface area contributed by atoms with Crippen LogP contribution in [0.3, 0.4) is 0 Å². The molecule has 7 heteroatoms. The van der Waals surface area contributed by atoms with E-state index in [9.17, 15) is 19.5 Å². The standard InChI is InChI=1S/C22H28O7/c1-13-6-5-7-14(2)11-19(20-15(3)21(25)28-18(20)10-13)29-22(26)17(8-9-23)12-27-16(4)24/h7-8,10,18-20,23H,3,5-6,9,11-12H2,1-2,4H3/b13-10+,14-7+,17-8+/t18-,19-,20+/m1/s1. The number of ether oxygens (including phenoxy) is 3. The monoisotopic (exact) mass is 404 g/mol. The van der Waals surface area contributed by atoms with Crippen LogP contribution in [-0.4, -0.2) is 48.4 Å². The van der Waals surface area contributed by atoms with Crippen LogP contribution in [0.25, 0.3) is 0 Å². The smallest absolute Gasteiger partial charge is 0.337 e. The number of fused-ring (bicyclic) bond motifs is 1. The summed E-state index contributed by atoms with van der Waals surface area (Å²) >= 11 is 0. The number of rotatable bonds is 5. The number of esters is 3. The fraction of sp³-hybridized carbons (Fsp3) is 0.500. The lowest BCUT2D eigenvalue weighted by atomic mass is 9.85. The SMILES string of the molecule is C=C1C(=O)O[C@@H]2/C=C(\C)CC/C=C(\C)C[C@@H](OC(=O)/C(=C/CO)COC(C)=O)[C@@H]12. The van der Waals surface area contributed by atoms with E-state index in [-0.39, 0.29) is 17.8 Å². The largest absolute Gasteiger partial charge is 0.461 e. The second-order valence-corrected chi connectivity index (χ2v) is 7.36. The van der Waals surface area contributed by atoms with E-state index >= 15 is 0 Å². The van der Waals surface area contributed by atoms with Crippen LogP contribution < -0.4 is 0 Å². The van der Waals surface area contributed by atoms with Crippen molar-refractivity contribution in [1.82, 2.24) is 0 Å². The van der Waals surface area contributed by atoms with E-state index < -0.39 is 42.6 Å². The molecule has 0 unspecified atom stereocenters.